The SMILES string of the molecule is O=C1CCCCC(=O)N1CC(O)CBr. The van der Waals surface area contributed by atoms with Gasteiger partial charge in [0.15, 0.2) is 0 Å². The number of aliphatic hydroxyl groups excluding tert-OH is 1. The molecule has 1 atom stereocenters. The van der Waals surface area contributed by atoms with Gasteiger partial charge < -0.3 is 5.11 Å². The van der Waals surface area contributed by atoms with Gasteiger partial charge in [-0.15, -0.1) is 0 Å². The molecular weight excluding hydrogens is 250 g/mol. The smallest absolute Gasteiger partial charge is 0.229 e. The van der Waals surface area contributed by atoms with Crippen LogP contribution in [-0.2, 0) is 9.59 Å². The van der Waals surface area contributed by atoms with Crippen molar-refractivity contribution in [3.8, 4) is 0 Å². The summed E-state index contributed by atoms with van der Waals surface area (Å²) in [7, 11) is 0. The quantitative estimate of drug-likeness (QED) is 0.602. The number of amides is 2. The largest absolute Gasteiger partial charge is 0.390 e. The number of β-amino-alcohol motifs (C(OH)–C–C–N with tert-alkyl or cyclic N) is 1. The number of halogens is 1. The van der Waals surface area contributed by atoms with Crippen molar-refractivity contribution in [2.24, 2.45) is 0 Å². The van der Waals surface area contributed by atoms with Crippen LogP contribution in [0.5, 0.6) is 0 Å². The number of carbonyl (C=O) groups excluding carboxylic acids is 2. The van der Waals surface area contributed by atoms with E-state index in [0.29, 0.717) is 18.2 Å². The lowest BCUT2D eigenvalue weighted by Gasteiger charge is -2.20. The van der Waals surface area contributed by atoms with Gasteiger partial charge in [-0.2, -0.15) is 0 Å². The Morgan fingerprint density at radius 3 is 2.21 bits per heavy atom. The summed E-state index contributed by atoms with van der Waals surface area (Å²) in [5.74, 6) is -0.319. The molecule has 0 saturated carbocycles. The third-order valence-corrected chi connectivity index (χ3v) is 2.95. The Hall–Kier alpha value is -0.420. The van der Waals surface area contributed by atoms with Crippen molar-refractivity contribution < 1.29 is 14.7 Å². The van der Waals surface area contributed by atoms with Gasteiger partial charge in [0, 0.05) is 18.2 Å². The van der Waals surface area contributed by atoms with Gasteiger partial charge in [-0.3, -0.25) is 14.5 Å². The molecule has 2 amide bonds. The Kier molecular flexibility index (Phi) is 4.54. The Morgan fingerprint density at radius 2 is 1.79 bits per heavy atom. The molecule has 1 N–H and O–H groups in total. The first-order valence-electron chi connectivity index (χ1n) is 4.72. The van der Waals surface area contributed by atoms with Gasteiger partial charge in [0.25, 0.3) is 0 Å². The lowest BCUT2D eigenvalue weighted by molar-refractivity contribution is -0.145. The van der Waals surface area contributed by atoms with Crippen molar-refractivity contribution in [1.29, 1.82) is 0 Å². The van der Waals surface area contributed by atoms with Crippen molar-refractivity contribution in [2.45, 2.75) is 31.8 Å². The zero-order chi connectivity index (χ0) is 10.6. The Morgan fingerprint density at radius 1 is 1.29 bits per heavy atom. The van der Waals surface area contributed by atoms with Crippen molar-refractivity contribution >= 4 is 27.7 Å². The monoisotopic (exact) mass is 263 g/mol. The standard InChI is InChI=1S/C9H14BrNO3/c10-5-7(12)6-11-8(13)3-1-2-4-9(11)14/h7,12H,1-6H2. The number of aliphatic hydroxyl groups is 1. The molecule has 1 saturated heterocycles. The lowest BCUT2D eigenvalue weighted by atomic mass is 10.2. The minimum absolute atomic E-state index is 0.114. The minimum Gasteiger partial charge on any atom is -0.390 e. The van der Waals surface area contributed by atoms with E-state index in [1.54, 1.807) is 0 Å². The van der Waals surface area contributed by atoms with Crippen LogP contribution < -0.4 is 0 Å². The fourth-order valence-electron chi connectivity index (χ4n) is 1.42. The fourth-order valence-corrected chi connectivity index (χ4v) is 1.63. The van der Waals surface area contributed by atoms with Crippen LogP contribution in [0, 0.1) is 0 Å². The highest BCUT2D eigenvalue weighted by Gasteiger charge is 2.25. The minimum atomic E-state index is -0.666. The third-order valence-electron chi connectivity index (χ3n) is 2.20. The van der Waals surface area contributed by atoms with Gasteiger partial charge >= 0.3 is 0 Å². The van der Waals surface area contributed by atoms with Gasteiger partial charge in [0.05, 0.1) is 12.6 Å². The van der Waals surface area contributed by atoms with Crippen LogP contribution in [0.2, 0.25) is 0 Å². The molecule has 1 aliphatic rings. The van der Waals surface area contributed by atoms with E-state index >= 15 is 0 Å². The predicted molar refractivity (Wildman–Crippen MR) is 55.0 cm³/mol. The molecule has 1 heterocycles. The average molecular weight is 264 g/mol. The van der Waals surface area contributed by atoms with Gasteiger partial charge in [0.1, 0.15) is 0 Å². The normalized spacial score (nSPS) is 20.9. The summed E-state index contributed by atoms with van der Waals surface area (Å²) < 4.78 is 0. The number of hydrogen-bond donors (Lipinski definition) is 1. The second kappa shape index (κ2) is 5.46. The molecule has 14 heavy (non-hydrogen) atoms. The van der Waals surface area contributed by atoms with Gasteiger partial charge in [-0.05, 0) is 12.8 Å². The van der Waals surface area contributed by atoms with Crippen LogP contribution >= 0.6 is 15.9 Å². The van der Waals surface area contributed by atoms with E-state index in [9.17, 15) is 14.7 Å². The van der Waals surface area contributed by atoms with Crippen molar-refractivity contribution in [1.82, 2.24) is 4.90 Å². The summed E-state index contributed by atoms with van der Waals surface area (Å²) in [6.45, 7) is 0.114. The van der Waals surface area contributed by atoms with Crippen molar-refractivity contribution in [3.05, 3.63) is 0 Å². The van der Waals surface area contributed by atoms with Crippen LogP contribution in [0.15, 0.2) is 0 Å². The average Bonchev–Trinajstić information content (AvgIpc) is 2.32. The maximum Gasteiger partial charge on any atom is 0.229 e. The molecule has 0 radical (unpaired) electrons. The van der Waals surface area contributed by atoms with E-state index in [-0.39, 0.29) is 18.4 Å². The number of hydrogen-bond acceptors (Lipinski definition) is 3. The number of imide groups is 1. The maximum absolute atomic E-state index is 11.5. The molecule has 1 aliphatic heterocycles. The maximum atomic E-state index is 11.5. The first kappa shape index (κ1) is 11.7. The molecular formula is C9H14BrNO3. The molecule has 0 aromatic rings. The molecule has 1 rings (SSSR count). The number of rotatable bonds is 3. The molecule has 0 aromatic heterocycles. The first-order valence-corrected chi connectivity index (χ1v) is 5.84. The van der Waals surface area contributed by atoms with E-state index in [2.05, 4.69) is 15.9 Å². The number of alkyl halides is 1. The molecule has 80 valence electrons. The summed E-state index contributed by atoms with van der Waals surface area (Å²) in [6.07, 6.45) is 1.71. The zero-order valence-electron chi connectivity index (χ0n) is 7.91. The van der Waals surface area contributed by atoms with Gasteiger partial charge in [-0.1, -0.05) is 15.9 Å². The van der Waals surface area contributed by atoms with E-state index in [0.717, 1.165) is 12.8 Å². The van der Waals surface area contributed by atoms with E-state index < -0.39 is 6.10 Å². The molecule has 4 nitrogen and oxygen atoms in total. The van der Waals surface area contributed by atoms with E-state index in [4.69, 9.17) is 0 Å². The highest BCUT2D eigenvalue weighted by Crippen LogP contribution is 2.13. The third kappa shape index (κ3) is 3.06. The Labute approximate surface area is 91.4 Å². The van der Waals surface area contributed by atoms with Crippen molar-refractivity contribution in [2.75, 3.05) is 11.9 Å². The fraction of sp³-hybridized carbons (Fsp3) is 0.778. The van der Waals surface area contributed by atoms with Gasteiger partial charge in [0.2, 0.25) is 11.8 Å². The van der Waals surface area contributed by atoms with Crippen LogP contribution in [0.1, 0.15) is 25.7 Å². The number of nitrogens with zero attached hydrogens (tertiary/aromatic N) is 1. The van der Waals surface area contributed by atoms with Crippen LogP contribution in [0.3, 0.4) is 0 Å². The summed E-state index contributed by atoms with van der Waals surface area (Å²) in [5.41, 5.74) is 0. The number of carbonyl (C=O) groups is 2. The molecule has 1 unspecified atom stereocenters. The predicted octanol–water partition coefficient (Wildman–Crippen LogP) is 0.671. The van der Waals surface area contributed by atoms with Gasteiger partial charge in [-0.25, -0.2) is 0 Å². The zero-order valence-corrected chi connectivity index (χ0v) is 9.49. The second-order valence-corrected chi connectivity index (χ2v) is 4.06. The molecule has 0 bridgehead atoms. The second-order valence-electron chi connectivity index (χ2n) is 3.41. The highest BCUT2D eigenvalue weighted by atomic mass is 79.9. The molecule has 0 aromatic carbocycles. The number of likely N-dealkylation sites (tertiary alicyclic amines) is 1. The molecule has 0 aliphatic carbocycles. The van der Waals surface area contributed by atoms with Crippen molar-refractivity contribution in [3.63, 3.8) is 0 Å². The summed E-state index contributed by atoms with van der Waals surface area (Å²) in [5, 5.41) is 9.72. The topological polar surface area (TPSA) is 57.6 Å². The van der Waals surface area contributed by atoms with Crippen LogP contribution in [0.25, 0.3) is 0 Å². The molecule has 5 heteroatoms. The van der Waals surface area contributed by atoms with E-state index in [1.165, 1.54) is 4.90 Å². The summed E-state index contributed by atoms with van der Waals surface area (Å²) in [6, 6.07) is 0. The summed E-state index contributed by atoms with van der Waals surface area (Å²) >= 11 is 3.10. The Balaban J connectivity index is 2.60. The lowest BCUT2D eigenvalue weighted by Crippen LogP contribution is -2.41. The van der Waals surface area contributed by atoms with E-state index in [1.807, 2.05) is 0 Å². The van der Waals surface area contributed by atoms with Crippen LogP contribution in [0.4, 0.5) is 0 Å². The Bertz CT molecular complexity index is 214. The molecule has 1 fully saturated rings. The first-order chi connectivity index (χ1) is 6.65. The summed E-state index contributed by atoms with van der Waals surface area (Å²) in [4.78, 5) is 24.1. The molecule has 0 spiro atoms. The van der Waals surface area contributed by atoms with Crippen LogP contribution in [-0.4, -0.2) is 39.8 Å². The highest BCUT2D eigenvalue weighted by molar-refractivity contribution is 9.09.